The Bertz CT molecular complexity index is 2080. The molecule has 3 heterocycles. The number of Topliss-reactive ketones (excluding diaryl/α,β-unsaturated/α-hetero) is 4. The molecule has 0 bridgehead atoms. The van der Waals surface area contributed by atoms with Crippen molar-refractivity contribution in [2.75, 3.05) is 36.0 Å². The van der Waals surface area contributed by atoms with Gasteiger partial charge < -0.3 is 21.3 Å². The number of nitrogens with zero attached hydrogens (tertiary/aromatic N) is 4. The van der Waals surface area contributed by atoms with Gasteiger partial charge in [-0.15, -0.1) is 0 Å². The van der Waals surface area contributed by atoms with E-state index in [-0.39, 0.29) is 82.6 Å². The van der Waals surface area contributed by atoms with Crippen molar-refractivity contribution in [3.63, 3.8) is 0 Å². The van der Waals surface area contributed by atoms with Crippen molar-refractivity contribution in [3.8, 4) is 0 Å². The summed E-state index contributed by atoms with van der Waals surface area (Å²) in [6.45, 7) is 1.99. The Morgan fingerprint density at radius 1 is 0.500 bits per heavy atom. The first-order valence-corrected chi connectivity index (χ1v) is 22.8. The van der Waals surface area contributed by atoms with E-state index in [2.05, 4.69) is 9.97 Å². The molecule has 0 saturated carbocycles. The Balaban J connectivity index is 1.44. The van der Waals surface area contributed by atoms with Crippen LogP contribution in [0.2, 0.25) is 0 Å². The summed E-state index contributed by atoms with van der Waals surface area (Å²) in [5.41, 5.74) is 9.36. The summed E-state index contributed by atoms with van der Waals surface area (Å²) in [5, 5.41) is 14.8. The van der Waals surface area contributed by atoms with Crippen molar-refractivity contribution in [2.24, 2.45) is 11.5 Å². The number of carbonyl (C=O) groups excluding carboxylic acids is 4. The number of halogens is 6. The molecule has 358 valence electrons. The highest BCUT2D eigenvalue weighted by Crippen LogP contribution is 2.40. The molecule has 0 unspecified atom stereocenters. The van der Waals surface area contributed by atoms with Gasteiger partial charge >= 0.3 is 12.4 Å². The summed E-state index contributed by atoms with van der Waals surface area (Å²) in [6, 6.07) is 4.87. The van der Waals surface area contributed by atoms with E-state index in [1.807, 2.05) is 9.80 Å². The maximum absolute atomic E-state index is 14.5. The molecule has 2 aliphatic rings. The minimum atomic E-state index is -4.81. The van der Waals surface area contributed by atoms with Crippen molar-refractivity contribution in [2.45, 2.75) is 141 Å². The summed E-state index contributed by atoms with van der Waals surface area (Å²) in [7, 11) is 0. The molecule has 1 aromatic heterocycles. The molecule has 5 rings (SSSR count). The number of ketones is 4. The number of benzene rings is 2. The molecule has 0 amide bonds. The quantitative estimate of drug-likeness (QED) is 0.0221. The predicted octanol–water partition coefficient (Wildman–Crippen LogP) is 9.34. The van der Waals surface area contributed by atoms with Gasteiger partial charge in [-0.25, -0.2) is 9.97 Å². The van der Waals surface area contributed by atoms with Gasteiger partial charge in [0.05, 0.1) is 22.8 Å². The van der Waals surface area contributed by atoms with Crippen LogP contribution in [0.4, 0.5) is 37.7 Å². The van der Waals surface area contributed by atoms with E-state index in [0.717, 1.165) is 75.2 Å². The van der Waals surface area contributed by atoms with Crippen LogP contribution < -0.4 is 21.3 Å². The first-order chi connectivity index (χ1) is 31.3. The van der Waals surface area contributed by atoms with Gasteiger partial charge in [-0.1, -0.05) is 12.8 Å². The SMILES string of the molecule is N=C(N)CCCCCC(=O)Cc1cc(C(F)(F)F)cc(CC(=O)c2cc(C(=O)Cc3cc(C(F)(F)F)cc(CC(=O)CCCCCC(=N)N)c3N3CCCCC3)ncn2)c1N1CCCCC1. The minimum absolute atomic E-state index is 0.0334. The highest BCUT2D eigenvalue weighted by molar-refractivity contribution is 6.01. The molecular formula is C48H60F6N8O4. The molecule has 2 fully saturated rings. The molecule has 2 aromatic carbocycles. The molecule has 3 aromatic rings. The molecule has 66 heavy (non-hydrogen) atoms. The summed E-state index contributed by atoms with van der Waals surface area (Å²) < 4.78 is 86.7. The zero-order valence-corrected chi connectivity index (χ0v) is 37.3. The lowest BCUT2D eigenvalue weighted by Crippen LogP contribution is -2.32. The maximum atomic E-state index is 14.5. The zero-order chi connectivity index (χ0) is 48.0. The first-order valence-electron chi connectivity index (χ1n) is 22.8. The van der Waals surface area contributed by atoms with Gasteiger partial charge in [0.25, 0.3) is 0 Å². The number of hydrogen-bond acceptors (Lipinski definition) is 10. The molecule has 0 aliphatic carbocycles. The normalized spacial score (nSPS) is 14.6. The number of nitrogens with two attached hydrogens (primary N) is 2. The fraction of sp³-hybridized carbons (Fsp3) is 0.542. The van der Waals surface area contributed by atoms with Crippen molar-refractivity contribution in [3.05, 3.63) is 81.4 Å². The Morgan fingerprint density at radius 2 is 0.833 bits per heavy atom. The van der Waals surface area contributed by atoms with Crippen molar-refractivity contribution >= 4 is 46.2 Å². The fourth-order valence-corrected chi connectivity index (χ4v) is 8.85. The summed E-state index contributed by atoms with van der Waals surface area (Å²) >= 11 is 0. The molecule has 6 N–H and O–H groups in total. The largest absolute Gasteiger partial charge is 0.416 e. The van der Waals surface area contributed by atoms with Gasteiger partial charge in [-0.05, 0) is 117 Å². The molecule has 18 heteroatoms. The first kappa shape index (κ1) is 51.3. The number of rotatable bonds is 24. The van der Waals surface area contributed by atoms with Gasteiger partial charge in [0.1, 0.15) is 29.3 Å². The van der Waals surface area contributed by atoms with Crippen molar-refractivity contribution in [1.29, 1.82) is 10.8 Å². The maximum Gasteiger partial charge on any atom is 0.416 e. The minimum Gasteiger partial charge on any atom is -0.388 e. The van der Waals surface area contributed by atoms with Crippen LogP contribution in [0.3, 0.4) is 0 Å². The second-order valence-electron chi connectivity index (χ2n) is 17.5. The standard InChI is InChI=1S/C48H60F6N8O4/c49-47(50,51)35-21-31(25-37(63)13-5-1-7-15-43(55)56)45(61-17-9-3-10-18-61)33(23-35)27-41(65)39-29-40(60-30-59-39)42(66)28-34-24-36(48(52,53)54)22-32(46(34)62-19-11-4-12-20-62)26-38(64)14-6-2-8-16-44(57)58/h21-24,29-30H,1-20,25-28H2,(H3,55,56)(H3,57,58). The smallest absolute Gasteiger partial charge is 0.388 e. The number of piperidine rings is 2. The topological polar surface area (TPSA) is 200 Å². The number of amidine groups is 2. The van der Waals surface area contributed by atoms with E-state index < -0.39 is 47.9 Å². The third kappa shape index (κ3) is 15.2. The number of anilines is 2. The number of unbranched alkanes of at least 4 members (excludes halogenated alkanes) is 4. The van der Waals surface area contributed by atoms with Crippen LogP contribution in [0, 0.1) is 10.8 Å². The second kappa shape index (κ2) is 23.7. The van der Waals surface area contributed by atoms with Gasteiger partial charge in [0.2, 0.25) is 0 Å². The Kier molecular flexibility index (Phi) is 18.4. The molecule has 2 saturated heterocycles. The van der Waals surface area contributed by atoms with Crippen LogP contribution in [0.5, 0.6) is 0 Å². The zero-order valence-electron chi connectivity index (χ0n) is 37.3. The lowest BCUT2D eigenvalue weighted by Gasteiger charge is -2.33. The molecular weight excluding hydrogens is 867 g/mol. The fourth-order valence-electron chi connectivity index (χ4n) is 8.85. The van der Waals surface area contributed by atoms with E-state index in [1.165, 1.54) is 0 Å². The molecule has 0 spiro atoms. The average Bonchev–Trinajstić information content (AvgIpc) is 3.25. The van der Waals surface area contributed by atoms with Gasteiger partial charge in [-0.3, -0.25) is 30.0 Å². The van der Waals surface area contributed by atoms with Crippen LogP contribution in [-0.4, -0.2) is 71.0 Å². The monoisotopic (exact) mass is 926 g/mol. The highest BCUT2D eigenvalue weighted by Gasteiger charge is 2.36. The van der Waals surface area contributed by atoms with E-state index in [1.54, 1.807) is 0 Å². The number of hydrogen-bond donors (Lipinski definition) is 4. The lowest BCUT2D eigenvalue weighted by atomic mass is 9.91. The Labute approximate surface area is 381 Å². The Hall–Kier alpha value is -5.68. The van der Waals surface area contributed by atoms with Crippen LogP contribution in [0.1, 0.15) is 157 Å². The molecule has 12 nitrogen and oxygen atoms in total. The average molecular weight is 927 g/mol. The van der Waals surface area contributed by atoms with E-state index in [9.17, 15) is 45.5 Å². The highest BCUT2D eigenvalue weighted by atomic mass is 19.4. The summed E-state index contributed by atoms with van der Waals surface area (Å²) in [6.07, 6.45) is -1.17. The molecule has 0 radical (unpaired) electrons. The van der Waals surface area contributed by atoms with Crippen LogP contribution >= 0.6 is 0 Å². The van der Waals surface area contributed by atoms with E-state index in [4.69, 9.17) is 22.3 Å². The number of nitrogens with one attached hydrogen (secondary N) is 2. The molecule has 0 atom stereocenters. The van der Waals surface area contributed by atoms with E-state index in [0.29, 0.717) is 88.9 Å². The third-order valence-electron chi connectivity index (χ3n) is 12.1. The lowest BCUT2D eigenvalue weighted by molar-refractivity contribution is -0.138. The predicted molar refractivity (Wildman–Crippen MR) is 241 cm³/mol. The number of carbonyl (C=O) groups is 4. The third-order valence-corrected chi connectivity index (χ3v) is 12.1. The summed E-state index contributed by atoms with van der Waals surface area (Å²) in [4.78, 5) is 66.6. The number of aromatic nitrogens is 2. The van der Waals surface area contributed by atoms with Crippen molar-refractivity contribution in [1.82, 2.24) is 9.97 Å². The number of alkyl halides is 6. The van der Waals surface area contributed by atoms with Gasteiger partial charge in [0, 0.05) is 88.9 Å². The Morgan fingerprint density at radius 3 is 1.17 bits per heavy atom. The molecule has 2 aliphatic heterocycles. The van der Waals surface area contributed by atoms with Gasteiger partial charge in [0.15, 0.2) is 11.6 Å². The van der Waals surface area contributed by atoms with Crippen LogP contribution in [0.25, 0.3) is 0 Å². The van der Waals surface area contributed by atoms with E-state index >= 15 is 0 Å². The van der Waals surface area contributed by atoms with Crippen LogP contribution in [-0.2, 0) is 47.6 Å². The van der Waals surface area contributed by atoms with Gasteiger partial charge in [-0.2, -0.15) is 26.3 Å². The summed E-state index contributed by atoms with van der Waals surface area (Å²) in [5.74, 6) is -1.94. The van der Waals surface area contributed by atoms with Crippen molar-refractivity contribution < 1.29 is 45.5 Å². The van der Waals surface area contributed by atoms with Crippen LogP contribution in [0.15, 0.2) is 36.7 Å². The second-order valence-corrected chi connectivity index (χ2v) is 17.5.